The number of aryl methyl sites for hydroxylation is 1. The Hall–Kier alpha value is -1.99. The molecule has 6 nitrogen and oxygen atoms in total. The minimum Gasteiger partial charge on any atom is -0.469 e. The minimum absolute atomic E-state index is 0.132. The molecule has 1 aromatic carbocycles. The highest BCUT2D eigenvalue weighted by Crippen LogP contribution is 2.30. The number of esters is 1. The molecule has 0 bridgehead atoms. The lowest BCUT2D eigenvalue weighted by Gasteiger charge is -2.10. The third-order valence-electron chi connectivity index (χ3n) is 3.45. The SMILES string of the molecule is COC(=O)Cc1ccc(Nc2nc(Cl)nc3c2[S@](=O)CC3)cc1. The lowest BCUT2D eigenvalue weighted by Crippen LogP contribution is -2.05. The first-order valence-corrected chi connectivity index (χ1v) is 8.64. The van der Waals surface area contributed by atoms with E-state index in [9.17, 15) is 9.00 Å². The third kappa shape index (κ3) is 3.51. The zero-order valence-electron chi connectivity index (χ0n) is 12.3. The summed E-state index contributed by atoms with van der Waals surface area (Å²) in [6.45, 7) is 0. The van der Waals surface area contributed by atoms with Crippen LogP contribution in [-0.2, 0) is 33.2 Å². The fourth-order valence-corrected chi connectivity index (χ4v) is 3.83. The molecule has 2 aromatic rings. The first-order valence-electron chi connectivity index (χ1n) is 6.94. The van der Waals surface area contributed by atoms with Gasteiger partial charge in [0.05, 0.1) is 30.0 Å². The third-order valence-corrected chi connectivity index (χ3v) is 5.08. The Labute approximate surface area is 140 Å². The van der Waals surface area contributed by atoms with E-state index in [1.54, 1.807) is 0 Å². The number of rotatable bonds is 4. The molecule has 1 atom stereocenters. The van der Waals surface area contributed by atoms with E-state index in [1.807, 2.05) is 24.3 Å². The van der Waals surface area contributed by atoms with Crippen molar-refractivity contribution in [2.45, 2.75) is 17.7 Å². The molecule has 1 aliphatic heterocycles. The molecular formula is C15H14ClN3O3S. The number of aromatic nitrogens is 2. The van der Waals surface area contributed by atoms with E-state index in [1.165, 1.54) is 7.11 Å². The largest absolute Gasteiger partial charge is 0.469 e. The Kier molecular flexibility index (Phi) is 4.58. The standard InChI is InChI=1S/C15H14ClN3O3S/c1-22-12(20)8-9-2-4-10(5-3-9)17-14-13-11(6-7-23(13)21)18-15(16)19-14/h2-5H,6-8H2,1H3,(H,17,18,19)/t23-/m1/s1. The molecule has 0 saturated carbocycles. The molecule has 0 saturated heterocycles. The average Bonchev–Trinajstić information content (AvgIpc) is 2.90. The van der Waals surface area contributed by atoms with Crippen LogP contribution in [0.5, 0.6) is 0 Å². The monoisotopic (exact) mass is 351 g/mol. The number of fused-ring (bicyclic) bond motifs is 1. The number of benzene rings is 1. The van der Waals surface area contributed by atoms with E-state index < -0.39 is 10.8 Å². The zero-order valence-corrected chi connectivity index (χ0v) is 13.9. The van der Waals surface area contributed by atoms with Gasteiger partial charge in [-0.3, -0.25) is 9.00 Å². The van der Waals surface area contributed by atoms with Crippen LogP contribution >= 0.6 is 11.6 Å². The van der Waals surface area contributed by atoms with Crippen molar-refractivity contribution in [1.29, 1.82) is 0 Å². The number of methoxy groups -OCH3 is 1. The quantitative estimate of drug-likeness (QED) is 0.672. The van der Waals surface area contributed by atoms with Gasteiger partial charge in [-0.1, -0.05) is 12.1 Å². The second-order valence-electron chi connectivity index (χ2n) is 4.99. The summed E-state index contributed by atoms with van der Waals surface area (Å²) >= 11 is 5.93. The molecular weight excluding hydrogens is 338 g/mol. The highest BCUT2D eigenvalue weighted by Gasteiger charge is 2.25. The van der Waals surface area contributed by atoms with E-state index in [2.05, 4.69) is 20.0 Å². The molecule has 0 aliphatic carbocycles. The first kappa shape index (κ1) is 15.9. The van der Waals surface area contributed by atoms with Crippen molar-refractivity contribution in [2.75, 3.05) is 18.2 Å². The second-order valence-corrected chi connectivity index (χ2v) is 6.84. The number of anilines is 2. The van der Waals surface area contributed by atoms with Crippen molar-refractivity contribution in [3.05, 3.63) is 40.8 Å². The number of carbonyl (C=O) groups excluding carboxylic acids is 1. The van der Waals surface area contributed by atoms with Crippen LogP contribution in [0.1, 0.15) is 11.3 Å². The number of hydrogen-bond acceptors (Lipinski definition) is 6. The fourth-order valence-electron chi connectivity index (χ4n) is 2.33. The van der Waals surface area contributed by atoms with Crippen LogP contribution < -0.4 is 5.32 Å². The van der Waals surface area contributed by atoms with Crippen LogP contribution in [0.25, 0.3) is 0 Å². The molecule has 0 fully saturated rings. The number of nitrogens with one attached hydrogen (secondary N) is 1. The molecule has 1 aliphatic rings. The average molecular weight is 352 g/mol. The van der Waals surface area contributed by atoms with Gasteiger partial charge >= 0.3 is 5.97 Å². The van der Waals surface area contributed by atoms with Crippen LogP contribution in [0.2, 0.25) is 5.28 Å². The molecule has 1 N–H and O–H groups in total. The molecule has 0 amide bonds. The Morgan fingerprint density at radius 1 is 1.35 bits per heavy atom. The summed E-state index contributed by atoms with van der Waals surface area (Å²) in [7, 11) is 0.247. The summed E-state index contributed by atoms with van der Waals surface area (Å²) in [5.41, 5.74) is 2.34. The van der Waals surface area contributed by atoms with Crippen LogP contribution in [-0.4, -0.2) is 33.0 Å². The van der Waals surface area contributed by atoms with E-state index in [0.29, 0.717) is 22.9 Å². The van der Waals surface area contributed by atoms with Crippen LogP contribution in [0.3, 0.4) is 0 Å². The Bertz CT molecular complexity index is 780. The maximum absolute atomic E-state index is 12.1. The summed E-state index contributed by atoms with van der Waals surface area (Å²) in [5.74, 6) is 0.718. The smallest absolute Gasteiger partial charge is 0.309 e. The van der Waals surface area contributed by atoms with Gasteiger partial charge in [0, 0.05) is 17.9 Å². The van der Waals surface area contributed by atoms with Crippen molar-refractivity contribution in [3.63, 3.8) is 0 Å². The minimum atomic E-state index is -1.11. The zero-order chi connectivity index (χ0) is 16.4. The summed E-state index contributed by atoms with van der Waals surface area (Å²) in [4.78, 5) is 20.2. The summed E-state index contributed by atoms with van der Waals surface area (Å²) < 4.78 is 16.7. The molecule has 2 heterocycles. The lowest BCUT2D eigenvalue weighted by molar-refractivity contribution is -0.139. The van der Waals surface area contributed by atoms with Gasteiger partial charge in [0.1, 0.15) is 4.90 Å². The van der Waals surface area contributed by atoms with Crippen LogP contribution in [0, 0.1) is 0 Å². The highest BCUT2D eigenvalue weighted by atomic mass is 35.5. The topological polar surface area (TPSA) is 81.2 Å². The summed E-state index contributed by atoms with van der Waals surface area (Å²) in [5, 5.41) is 3.26. The molecule has 3 rings (SSSR count). The Morgan fingerprint density at radius 2 is 2.09 bits per heavy atom. The number of ether oxygens (including phenoxy) is 1. The van der Waals surface area contributed by atoms with Crippen molar-refractivity contribution in [3.8, 4) is 0 Å². The predicted octanol–water partition coefficient (Wildman–Crippen LogP) is 2.25. The molecule has 0 spiro atoms. The number of hydrogen-bond donors (Lipinski definition) is 1. The van der Waals surface area contributed by atoms with Crippen molar-refractivity contribution >= 4 is 39.9 Å². The highest BCUT2D eigenvalue weighted by molar-refractivity contribution is 7.85. The first-order chi connectivity index (χ1) is 11.1. The Morgan fingerprint density at radius 3 is 2.78 bits per heavy atom. The number of nitrogens with zero attached hydrogens (tertiary/aromatic N) is 2. The summed E-state index contributed by atoms with van der Waals surface area (Å²) in [6.07, 6.45) is 0.854. The molecule has 0 unspecified atom stereocenters. The van der Waals surface area contributed by atoms with E-state index >= 15 is 0 Å². The lowest BCUT2D eigenvalue weighted by atomic mass is 10.1. The normalized spacial score (nSPS) is 16.0. The fraction of sp³-hybridized carbons (Fsp3) is 0.267. The molecule has 23 heavy (non-hydrogen) atoms. The van der Waals surface area contributed by atoms with Crippen LogP contribution in [0.15, 0.2) is 29.2 Å². The number of halogens is 1. The molecule has 8 heteroatoms. The van der Waals surface area contributed by atoms with Gasteiger partial charge in [0.2, 0.25) is 5.28 Å². The van der Waals surface area contributed by atoms with Gasteiger partial charge in [-0.25, -0.2) is 4.98 Å². The maximum Gasteiger partial charge on any atom is 0.309 e. The van der Waals surface area contributed by atoms with Gasteiger partial charge < -0.3 is 10.1 Å². The van der Waals surface area contributed by atoms with Gasteiger partial charge in [-0.05, 0) is 29.3 Å². The van der Waals surface area contributed by atoms with E-state index in [0.717, 1.165) is 16.9 Å². The van der Waals surface area contributed by atoms with Crippen molar-refractivity contribution < 1.29 is 13.7 Å². The van der Waals surface area contributed by atoms with Crippen LogP contribution in [0.4, 0.5) is 11.5 Å². The molecule has 1 aromatic heterocycles. The predicted molar refractivity (Wildman–Crippen MR) is 87.5 cm³/mol. The van der Waals surface area contributed by atoms with E-state index in [-0.39, 0.29) is 17.7 Å². The van der Waals surface area contributed by atoms with Gasteiger partial charge in [0.25, 0.3) is 0 Å². The second kappa shape index (κ2) is 6.64. The maximum atomic E-state index is 12.1. The van der Waals surface area contributed by atoms with Gasteiger partial charge in [-0.2, -0.15) is 4.98 Å². The number of carbonyl (C=O) groups is 1. The van der Waals surface area contributed by atoms with E-state index in [4.69, 9.17) is 11.6 Å². The van der Waals surface area contributed by atoms with Gasteiger partial charge in [0.15, 0.2) is 5.82 Å². The molecule has 0 radical (unpaired) electrons. The molecule has 120 valence electrons. The van der Waals surface area contributed by atoms with Gasteiger partial charge in [-0.15, -0.1) is 0 Å². The van der Waals surface area contributed by atoms with Crippen molar-refractivity contribution in [1.82, 2.24) is 9.97 Å². The summed E-state index contributed by atoms with van der Waals surface area (Å²) in [6, 6.07) is 7.27. The van der Waals surface area contributed by atoms with Crippen molar-refractivity contribution in [2.24, 2.45) is 0 Å². The Balaban J connectivity index is 1.83.